The SMILES string of the molecule is Clc1ccc(-c2n[nH]c(OC3CCNCC3)c2-c2ccncc2)cc1. The van der Waals surface area contributed by atoms with Crippen LogP contribution in [0, 0.1) is 0 Å². The van der Waals surface area contributed by atoms with E-state index < -0.39 is 0 Å². The minimum Gasteiger partial charge on any atom is -0.474 e. The zero-order valence-corrected chi connectivity index (χ0v) is 14.5. The van der Waals surface area contributed by atoms with E-state index in [4.69, 9.17) is 16.3 Å². The minimum atomic E-state index is 0.195. The molecule has 0 spiro atoms. The highest BCUT2D eigenvalue weighted by Gasteiger charge is 2.22. The fourth-order valence-corrected chi connectivity index (χ4v) is 3.22. The van der Waals surface area contributed by atoms with Gasteiger partial charge in [0.2, 0.25) is 5.88 Å². The first-order chi connectivity index (χ1) is 12.3. The molecule has 0 aliphatic carbocycles. The molecule has 3 aromatic rings. The van der Waals surface area contributed by atoms with Crippen molar-refractivity contribution >= 4 is 11.6 Å². The topological polar surface area (TPSA) is 62.8 Å². The molecule has 1 fully saturated rings. The number of piperidine rings is 1. The molecule has 2 aromatic heterocycles. The van der Waals surface area contributed by atoms with Gasteiger partial charge in [0.15, 0.2) is 0 Å². The highest BCUT2D eigenvalue weighted by atomic mass is 35.5. The summed E-state index contributed by atoms with van der Waals surface area (Å²) in [6.07, 6.45) is 5.74. The van der Waals surface area contributed by atoms with Crippen LogP contribution in [0.4, 0.5) is 0 Å². The van der Waals surface area contributed by atoms with Crippen LogP contribution >= 0.6 is 11.6 Å². The third kappa shape index (κ3) is 3.52. The van der Waals surface area contributed by atoms with Crippen molar-refractivity contribution in [3.8, 4) is 28.3 Å². The van der Waals surface area contributed by atoms with Gasteiger partial charge in [-0.15, -0.1) is 0 Å². The van der Waals surface area contributed by atoms with Crippen molar-refractivity contribution in [3.05, 3.63) is 53.8 Å². The highest BCUT2D eigenvalue weighted by Crippen LogP contribution is 2.38. The molecule has 0 radical (unpaired) electrons. The molecule has 0 atom stereocenters. The van der Waals surface area contributed by atoms with Crippen molar-refractivity contribution in [1.82, 2.24) is 20.5 Å². The molecule has 0 bridgehead atoms. The fourth-order valence-electron chi connectivity index (χ4n) is 3.09. The van der Waals surface area contributed by atoms with Gasteiger partial charge in [0, 0.05) is 23.0 Å². The quantitative estimate of drug-likeness (QED) is 0.745. The first-order valence-electron chi connectivity index (χ1n) is 8.43. The van der Waals surface area contributed by atoms with Crippen LogP contribution in [-0.4, -0.2) is 34.4 Å². The Bertz CT molecular complexity index is 826. The number of benzene rings is 1. The molecular formula is C19H19ClN4O. The van der Waals surface area contributed by atoms with E-state index in [9.17, 15) is 0 Å². The number of nitrogens with one attached hydrogen (secondary N) is 2. The Morgan fingerprint density at radius 3 is 2.40 bits per heavy atom. The Hall–Kier alpha value is -2.37. The second kappa shape index (κ2) is 7.25. The van der Waals surface area contributed by atoms with Gasteiger partial charge >= 0.3 is 0 Å². The minimum absolute atomic E-state index is 0.195. The van der Waals surface area contributed by atoms with Gasteiger partial charge in [-0.1, -0.05) is 23.7 Å². The summed E-state index contributed by atoms with van der Waals surface area (Å²) in [5, 5.41) is 11.7. The lowest BCUT2D eigenvalue weighted by molar-refractivity contribution is 0.156. The Morgan fingerprint density at radius 2 is 1.68 bits per heavy atom. The van der Waals surface area contributed by atoms with E-state index in [2.05, 4.69) is 20.5 Å². The van der Waals surface area contributed by atoms with Crippen LogP contribution in [0.2, 0.25) is 5.02 Å². The number of ether oxygens (including phenoxy) is 1. The standard InChI is InChI=1S/C19H19ClN4O/c20-15-3-1-14(2-4-15)18-17(13-5-9-21-10-6-13)19(24-23-18)25-16-7-11-22-12-8-16/h1-6,9-10,16,22H,7-8,11-12H2,(H,23,24). The number of hydrogen-bond acceptors (Lipinski definition) is 4. The van der Waals surface area contributed by atoms with Crippen LogP contribution in [0.1, 0.15) is 12.8 Å². The molecule has 0 amide bonds. The van der Waals surface area contributed by atoms with Crippen LogP contribution in [-0.2, 0) is 0 Å². The third-order valence-corrected chi connectivity index (χ3v) is 4.64. The number of rotatable bonds is 4. The summed E-state index contributed by atoms with van der Waals surface area (Å²) in [5.41, 5.74) is 3.83. The van der Waals surface area contributed by atoms with Crippen LogP contribution < -0.4 is 10.1 Å². The Kier molecular flexibility index (Phi) is 4.68. The number of halogens is 1. The lowest BCUT2D eigenvalue weighted by Gasteiger charge is -2.23. The second-order valence-electron chi connectivity index (χ2n) is 6.09. The lowest BCUT2D eigenvalue weighted by atomic mass is 10.0. The van der Waals surface area contributed by atoms with E-state index in [0.29, 0.717) is 10.9 Å². The maximum absolute atomic E-state index is 6.26. The molecule has 128 valence electrons. The van der Waals surface area contributed by atoms with E-state index in [1.165, 1.54) is 0 Å². The summed E-state index contributed by atoms with van der Waals surface area (Å²) in [6, 6.07) is 11.6. The van der Waals surface area contributed by atoms with E-state index in [1.54, 1.807) is 12.4 Å². The van der Waals surface area contributed by atoms with Gasteiger partial charge in [-0.2, -0.15) is 5.10 Å². The molecule has 1 aliphatic heterocycles. The number of pyridine rings is 1. The van der Waals surface area contributed by atoms with Gasteiger partial charge in [-0.05, 0) is 55.8 Å². The average Bonchev–Trinajstić information content (AvgIpc) is 3.07. The highest BCUT2D eigenvalue weighted by molar-refractivity contribution is 6.30. The van der Waals surface area contributed by atoms with Crippen LogP contribution in [0.5, 0.6) is 5.88 Å². The molecule has 0 saturated carbocycles. The van der Waals surface area contributed by atoms with E-state index in [0.717, 1.165) is 48.3 Å². The molecule has 1 saturated heterocycles. The Morgan fingerprint density at radius 1 is 0.960 bits per heavy atom. The Balaban J connectivity index is 1.75. The zero-order valence-electron chi connectivity index (χ0n) is 13.7. The number of H-pyrrole nitrogens is 1. The predicted molar refractivity (Wildman–Crippen MR) is 98.8 cm³/mol. The van der Waals surface area contributed by atoms with Gasteiger partial charge < -0.3 is 10.1 Å². The maximum atomic E-state index is 6.26. The zero-order chi connectivity index (χ0) is 17.1. The maximum Gasteiger partial charge on any atom is 0.218 e. The van der Waals surface area contributed by atoms with Crippen LogP contribution in [0.3, 0.4) is 0 Å². The van der Waals surface area contributed by atoms with Crippen LogP contribution in [0.25, 0.3) is 22.4 Å². The van der Waals surface area contributed by atoms with Crippen LogP contribution in [0.15, 0.2) is 48.8 Å². The third-order valence-electron chi connectivity index (χ3n) is 4.39. The summed E-state index contributed by atoms with van der Waals surface area (Å²) < 4.78 is 6.26. The van der Waals surface area contributed by atoms with Crippen molar-refractivity contribution in [2.45, 2.75) is 18.9 Å². The van der Waals surface area contributed by atoms with Gasteiger partial charge in [-0.25, -0.2) is 5.10 Å². The monoisotopic (exact) mass is 354 g/mol. The molecule has 2 N–H and O–H groups in total. The number of hydrogen-bond donors (Lipinski definition) is 2. The van der Waals surface area contributed by atoms with Gasteiger partial charge in [0.1, 0.15) is 11.8 Å². The average molecular weight is 355 g/mol. The number of aromatic nitrogens is 3. The van der Waals surface area contributed by atoms with Crippen molar-refractivity contribution in [2.24, 2.45) is 0 Å². The summed E-state index contributed by atoms with van der Waals surface area (Å²) in [7, 11) is 0. The molecule has 4 rings (SSSR count). The molecule has 1 aromatic carbocycles. The molecule has 3 heterocycles. The summed E-state index contributed by atoms with van der Waals surface area (Å²) in [4.78, 5) is 4.12. The van der Waals surface area contributed by atoms with Gasteiger partial charge in [0.25, 0.3) is 0 Å². The van der Waals surface area contributed by atoms with Gasteiger partial charge in [-0.3, -0.25) is 4.98 Å². The number of nitrogens with zero attached hydrogens (tertiary/aromatic N) is 2. The number of aromatic amines is 1. The molecule has 0 unspecified atom stereocenters. The van der Waals surface area contributed by atoms with Gasteiger partial charge in [0.05, 0.1) is 5.56 Å². The molecule has 5 nitrogen and oxygen atoms in total. The van der Waals surface area contributed by atoms with Crippen molar-refractivity contribution < 1.29 is 4.74 Å². The predicted octanol–water partition coefficient (Wildman–Crippen LogP) is 3.92. The molecule has 25 heavy (non-hydrogen) atoms. The molecule has 6 heteroatoms. The first-order valence-corrected chi connectivity index (χ1v) is 8.81. The fraction of sp³-hybridized carbons (Fsp3) is 0.263. The lowest BCUT2D eigenvalue weighted by Crippen LogP contribution is -2.34. The largest absolute Gasteiger partial charge is 0.474 e. The first kappa shape index (κ1) is 16.1. The Labute approximate surface area is 151 Å². The van der Waals surface area contributed by atoms with Crippen molar-refractivity contribution in [2.75, 3.05) is 13.1 Å². The van der Waals surface area contributed by atoms with E-state index >= 15 is 0 Å². The normalized spacial score (nSPS) is 15.2. The summed E-state index contributed by atoms with van der Waals surface area (Å²) >= 11 is 6.02. The molecular weight excluding hydrogens is 336 g/mol. The van der Waals surface area contributed by atoms with E-state index in [1.807, 2.05) is 36.4 Å². The molecule has 1 aliphatic rings. The van der Waals surface area contributed by atoms with Crippen molar-refractivity contribution in [1.29, 1.82) is 0 Å². The van der Waals surface area contributed by atoms with Crippen molar-refractivity contribution in [3.63, 3.8) is 0 Å². The summed E-state index contributed by atoms with van der Waals surface area (Å²) in [6.45, 7) is 1.96. The smallest absolute Gasteiger partial charge is 0.218 e. The summed E-state index contributed by atoms with van der Waals surface area (Å²) in [5.74, 6) is 0.711. The van der Waals surface area contributed by atoms with E-state index in [-0.39, 0.29) is 6.10 Å². The second-order valence-corrected chi connectivity index (χ2v) is 6.52.